The van der Waals surface area contributed by atoms with E-state index in [0.29, 0.717) is 25.0 Å². The van der Waals surface area contributed by atoms with E-state index >= 15 is 0 Å². The second-order valence-corrected chi connectivity index (χ2v) is 4.83. The first-order valence-corrected chi connectivity index (χ1v) is 6.11. The molecule has 0 unspecified atom stereocenters. The van der Waals surface area contributed by atoms with Crippen molar-refractivity contribution in [2.45, 2.75) is 25.4 Å². The lowest BCUT2D eigenvalue weighted by Gasteiger charge is -2.08. The number of hydrogen-bond acceptors (Lipinski definition) is 4. The largest absolute Gasteiger partial charge is 0.416 e. The van der Waals surface area contributed by atoms with E-state index in [1.54, 1.807) is 0 Å². The van der Waals surface area contributed by atoms with Crippen LogP contribution in [0.25, 0.3) is 0 Å². The molecule has 8 heteroatoms. The zero-order valence-electron chi connectivity index (χ0n) is 10.6. The summed E-state index contributed by atoms with van der Waals surface area (Å²) < 4.78 is 37.6. The van der Waals surface area contributed by atoms with Gasteiger partial charge in [0, 0.05) is 12.0 Å². The summed E-state index contributed by atoms with van der Waals surface area (Å²) in [7, 11) is 0. The van der Waals surface area contributed by atoms with E-state index in [1.165, 1.54) is 0 Å². The third-order valence-corrected chi connectivity index (χ3v) is 3.19. The van der Waals surface area contributed by atoms with E-state index < -0.39 is 40.1 Å². The smallest absolute Gasteiger partial charge is 0.299 e. The summed E-state index contributed by atoms with van der Waals surface area (Å²) in [6.07, 6.45) is -3.89. The molecule has 0 aliphatic heterocycles. The molecule has 0 atom stereocenters. The summed E-state index contributed by atoms with van der Waals surface area (Å²) in [4.78, 5) is 33.2. The zero-order valence-corrected chi connectivity index (χ0v) is 10.6. The van der Waals surface area contributed by atoms with Gasteiger partial charge in [-0.1, -0.05) is 0 Å². The highest BCUT2D eigenvalue weighted by molar-refractivity contribution is 6.10. The Balaban J connectivity index is 2.31. The van der Waals surface area contributed by atoms with Gasteiger partial charge in [-0.3, -0.25) is 19.7 Å². The van der Waals surface area contributed by atoms with Gasteiger partial charge < -0.3 is 0 Å². The van der Waals surface area contributed by atoms with Crippen LogP contribution < -0.4 is 0 Å². The molecule has 1 aliphatic rings. The molecule has 0 spiro atoms. The first kappa shape index (κ1) is 15.1. The predicted molar refractivity (Wildman–Crippen MR) is 64.8 cm³/mol. The molecule has 0 bridgehead atoms. The molecule has 0 heterocycles. The van der Waals surface area contributed by atoms with Crippen LogP contribution in [-0.4, -0.2) is 16.5 Å². The fourth-order valence-electron chi connectivity index (χ4n) is 1.90. The zero-order chi connectivity index (χ0) is 15.8. The Morgan fingerprint density at radius 2 is 1.90 bits per heavy atom. The number of alkyl halides is 3. The Hall–Kier alpha value is -2.25. The van der Waals surface area contributed by atoms with Crippen LogP contribution in [0.5, 0.6) is 0 Å². The lowest BCUT2D eigenvalue weighted by Crippen LogP contribution is -2.13. The number of nitro groups is 1. The summed E-state index contributed by atoms with van der Waals surface area (Å²) in [6.45, 7) is 0. The van der Waals surface area contributed by atoms with E-state index in [1.807, 2.05) is 0 Å². The van der Waals surface area contributed by atoms with Gasteiger partial charge in [0.2, 0.25) is 0 Å². The van der Waals surface area contributed by atoms with E-state index in [9.17, 15) is 32.9 Å². The highest BCUT2D eigenvalue weighted by Crippen LogP contribution is 2.34. The van der Waals surface area contributed by atoms with Crippen molar-refractivity contribution in [3.8, 4) is 0 Å². The molecular weight excluding hydrogens is 291 g/mol. The van der Waals surface area contributed by atoms with E-state index in [-0.39, 0.29) is 11.7 Å². The van der Waals surface area contributed by atoms with Gasteiger partial charge in [-0.15, -0.1) is 0 Å². The minimum Gasteiger partial charge on any atom is -0.299 e. The van der Waals surface area contributed by atoms with Gasteiger partial charge in [-0.25, -0.2) is 0 Å². The lowest BCUT2D eigenvalue weighted by atomic mass is 10.0. The summed E-state index contributed by atoms with van der Waals surface area (Å²) >= 11 is 0. The number of halogens is 3. The molecule has 0 N–H and O–H groups in total. The number of nitro benzene ring substituents is 1. The van der Waals surface area contributed by atoms with Gasteiger partial charge in [-0.2, -0.15) is 13.2 Å². The standard InChI is InChI=1S/C13H10F3NO4/c14-13(15,16)8-3-4-9(10(5-8)17(20)21)12(19)6-11(18)7-1-2-7/h3-5,7H,1-2,6H2. The minimum atomic E-state index is -4.74. The maximum absolute atomic E-state index is 12.5. The van der Waals surface area contributed by atoms with Crippen LogP contribution in [0.4, 0.5) is 18.9 Å². The molecular formula is C13H10F3NO4. The molecule has 0 radical (unpaired) electrons. The number of ketones is 2. The quantitative estimate of drug-likeness (QED) is 0.362. The highest BCUT2D eigenvalue weighted by Gasteiger charge is 2.35. The van der Waals surface area contributed by atoms with Crippen LogP contribution in [-0.2, 0) is 11.0 Å². The van der Waals surface area contributed by atoms with E-state index in [4.69, 9.17) is 0 Å². The Kier molecular flexibility index (Phi) is 3.80. The van der Waals surface area contributed by atoms with Crippen molar-refractivity contribution in [2.75, 3.05) is 0 Å². The topological polar surface area (TPSA) is 77.3 Å². The normalized spacial score (nSPS) is 14.8. The maximum Gasteiger partial charge on any atom is 0.416 e. The number of hydrogen-bond donors (Lipinski definition) is 0. The number of carbonyl (C=O) groups excluding carboxylic acids is 2. The minimum absolute atomic E-state index is 0.192. The van der Waals surface area contributed by atoms with Crippen molar-refractivity contribution in [1.29, 1.82) is 0 Å². The molecule has 1 saturated carbocycles. The molecule has 0 aromatic heterocycles. The maximum atomic E-state index is 12.5. The summed E-state index contributed by atoms with van der Waals surface area (Å²) in [5.41, 5.74) is -2.61. The van der Waals surface area contributed by atoms with Crippen molar-refractivity contribution in [1.82, 2.24) is 0 Å². The molecule has 1 fully saturated rings. The van der Waals surface area contributed by atoms with Gasteiger partial charge >= 0.3 is 6.18 Å². The average molecular weight is 301 g/mol. The fraction of sp³-hybridized carbons (Fsp3) is 0.385. The number of benzene rings is 1. The van der Waals surface area contributed by atoms with Crippen LogP contribution in [0.2, 0.25) is 0 Å². The first-order valence-electron chi connectivity index (χ1n) is 6.11. The predicted octanol–water partition coefficient (Wildman–Crippen LogP) is 3.17. The Labute approximate surface area is 116 Å². The van der Waals surface area contributed by atoms with Gasteiger partial charge in [0.1, 0.15) is 5.78 Å². The summed E-state index contributed by atoms with van der Waals surface area (Å²) in [5.74, 6) is -1.34. The van der Waals surface area contributed by atoms with E-state index in [2.05, 4.69) is 0 Å². The molecule has 21 heavy (non-hydrogen) atoms. The molecule has 1 aliphatic carbocycles. The van der Waals surface area contributed by atoms with Crippen LogP contribution in [0.3, 0.4) is 0 Å². The first-order chi connectivity index (χ1) is 9.70. The molecule has 1 aromatic rings. The molecule has 1 aromatic carbocycles. The van der Waals surface area contributed by atoms with Gasteiger partial charge in [0.25, 0.3) is 5.69 Å². The van der Waals surface area contributed by atoms with Crippen LogP contribution in [0.1, 0.15) is 35.2 Å². The van der Waals surface area contributed by atoms with Crippen LogP contribution >= 0.6 is 0 Å². The fourth-order valence-corrected chi connectivity index (χ4v) is 1.90. The highest BCUT2D eigenvalue weighted by atomic mass is 19.4. The second kappa shape index (κ2) is 5.27. The van der Waals surface area contributed by atoms with Gasteiger partial charge in [0.15, 0.2) is 5.78 Å². The lowest BCUT2D eigenvalue weighted by molar-refractivity contribution is -0.385. The third kappa shape index (κ3) is 3.45. The number of carbonyl (C=O) groups is 2. The second-order valence-electron chi connectivity index (χ2n) is 4.83. The molecule has 2 rings (SSSR count). The third-order valence-electron chi connectivity index (χ3n) is 3.19. The summed E-state index contributed by atoms with van der Waals surface area (Å²) in [5, 5.41) is 10.8. The van der Waals surface area contributed by atoms with Crippen molar-refractivity contribution in [3.63, 3.8) is 0 Å². The Bertz CT molecular complexity index is 620. The van der Waals surface area contributed by atoms with Crippen LogP contribution in [0.15, 0.2) is 18.2 Å². The van der Waals surface area contributed by atoms with E-state index in [0.717, 1.165) is 6.07 Å². The van der Waals surface area contributed by atoms with Crippen molar-refractivity contribution >= 4 is 17.3 Å². The van der Waals surface area contributed by atoms with Gasteiger partial charge in [-0.05, 0) is 25.0 Å². The molecule has 5 nitrogen and oxygen atoms in total. The van der Waals surface area contributed by atoms with Crippen molar-refractivity contribution in [3.05, 3.63) is 39.4 Å². The molecule has 0 saturated heterocycles. The van der Waals surface area contributed by atoms with Crippen LogP contribution in [0, 0.1) is 16.0 Å². The SMILES string of the molecule is O=C(CC(=O)C1CC1)c1ccc(C(F)(F)F)cc1[N+](=O)[O-]. The number of nitrogens with zero attached hydrogens (tertiary/aromatic N) is 1. The summed E-state index contributed by atoms with van der Waals surface area (Å²) in [6, 6.07) is 1.67. The van der Waals surface area contributed by atoms with Crippen molar-refractivity contribution in [2.24, 2.45) is 5.92 Å². The Morgan fingerprint density at radius 1 is 1.29 bits per heavy atom. The number of rotatable bonds is 5. The Morgan fingerprint density at radius 3 is 2.38 bits per heavy atom. The molecule has 112 valence electrons. The van der Waals surface area contributed by atoms with Crippen molar-refractivity contribution < 1.29 is 27.7 Å². The molecule has 0 amide bonds. The van der Waals surface area contributed by atoms with Gasteiger partial charge in [0.05, 0.1) is 22.5 Å². The average Bonchev–Trinajstić information content (AvgIpc) is 3.20. The number of Topliss-reactive ketones (excluding diaryl/α,β-unsaturated/α-hetero) is 2. The monoisotopic (exact) mass is 301 g/mol.